The quantitative estimate of drug-likeness (QED) is 0.262. The number of halogens is 1. The van der Waals surface area contributed by atoms with Gasteiger partial charge < -0.3 is 18.9 Å². The second-order valence-corrected chi connectivity index (χ2v) is 7.09. The fourth-order valence-corrected chi connectivity index (χ4v) is 3.18. The zero-order chi connectivity index (χ0) is 23.0. The lowest BCUT2D eigenvalue weighted by molar-refractivity contribution is -0.129. The maximum atomic E-state index is 14.0. The zero-order valence-electron chi connectivity index (χ0n) is 18.0. The van der Waals surface area contributed by atoms with E-state index in [1.54, 1.807) is 31.4 Å². The lowest BCUT2D eigenvalue weighted by Gasteiger charge is -2.11. The lowest BCUT2D eigenvalue weighted by atomic mass is 10.2. The first-order chi connectivity index (χ1) is 16.1. The highest BCUT2D eigenvalue weighted by molar-refractivity contribution is 6.12. The van der Waals surface area contributed by atoms with Crippen molar-refractivity contribution in [3.8, 4) is 17.2 Å². The molecule has 0 aliphatic carbocycles. The Kier molecular flexibility index (Phi) is 6.99. The molecule has 0 bridgehead atoms. The summed E-state index contributed by atoms with van der Waals surface area (Å²) in [7, 11) is 1.60. The van der Waals surface area contributed by atoms with Crippen LogP contribution in [0.1, 0.15) is 17.5 Å². The molecule has 0 saturated carbocycles. The molecule has 0 atom stereocenters. The molecule has 0 unspecified atom stereocenters. The molecule has 1 aliphatic heterocycles. The van der Waals surface area contributed by atoms with Crippen molar-refractivity contribution in [3.05, 3.63) is 95.4 Å². The van der Waals surface area contributed by atoms with Crippen LogP contribution in [-0.4, -0.2) is 32.2 Å². The Balaban J connectivity index is 1.34. The number of rotatable bonds is 9. The van der Waals surface area contributed by atoms with Gasteiger partial charge in [0.25, 0.3) is 0 Å². The summed E-state index contributed by atoms with van der Waals surface area (Å²) in [5.74, 6) is 0.833. The Morgan fingerprint density at radius 2 is 1.70 bits per heavy atom. The van der Waals surface area contributed by atoms with Gasteiger partial charge in [-0.15, -0.1) is 0 Å². The van der Waals surface area contributed by atoms with E-state index in [2.05, 4.69) is 4.99 Å². The Bertz CT molecular complexity index is 1200. The van der Waals surface area contributed by atoms with Gasteiger partial charge in [0.1, 0.15) is 11.6 Å². The number of carbonyl (C=O) groups is 1. The zero-order valence-corrected chi connectivity index (χ0v) is 18.0. The molecule has 1 heterocycles. The number of nitrogens with zero attached hydrogens (tertiary/aromatic N) is 1. The summed E-state index contributed by atoms with van der Waals surface area (Å²) in [5.41, 5.74) is 0.945. The second kappa shape index (κ2) is 10.5. The number of hydrogen-bond acceptors (Lipinski definition) is 6. The van der Waals surface area contributed by atoms with Crippen molar-refractivity contribution in [1.82, 2.24) is 0 Å². The van der Waals surface area contributed by atoms with Crippen LogP contribution in [0.5, 0.6) is 17.2 Å². The summed E-state index contributed by atoms with van der Waals surface area (Å²) in [6.45, 7) is 0.927. The molecular formula is C26H22FNO5. The van der Waals surface area contributed by atoms with Crippen LogP contribution >= 0.6 is 0 Å². The molecular weight excluding hydrogens is 425 g/mol. The van der Waals surface area contributed by atoms with E-state index < -0.39 is 11.8 Å². The number of para-hydroxylation sites is 2. The van der Waals surface area contributed by atoms with Crippen LogP contribution in [0, 0.1) is 5.82 Å². The van der Waals surface area contributed by atoms with Gasteiger partial charge in [0.05, 0.1) is 25.9 Å². The number of esters is 1. The van der Waals surface area contributed by atoms with Crippen LogP contribution in [0.2, 0.25) is 0 Å². The molecule has 0 N–H and O–H groups in total. The largest absolute Gasteiger partial charge is 0.493 e. The van der Waals surface area contributed by atoms with Gasteiger partial charge in [0, 0.05) is 6.42 Å². The predicted molar refractivity (Wildman–Crippen MR) is 122 cm³/mol. The number of methoxy groups -OCH3 is 1. The van der Waals surface area contributed by atoms with Gasteiger partial charge in [-0.1, -0.05) is 36.4 Å². The minimum absolute atomic E-state index is 0.0493. The number of aliphatic imine (C=N–C) groups is 1. The average molecular weight is 447 g/mol. The summed E-state index contributed by atoms with van der Waals surface area (Å²) in [6.07, 6.45) is 2.25. The SMILES string of the molecule is COc1ccccc1OCCCOc1cccc(C=C2N=C(c3ccccc3F)OC2=O)c1. The van der Waals surface area contributed by atoms with E-state index in [1.807, 2.05) is 42.5 Å². The number of carbonyl (C=O) groups excluding carboxylic acids is 1. The van der Waals surface area contributed by atoms with Crippen LogP contribution < -0.4 is 14.2 Å². The maximum absolute atomic E-state index is 14.0. The van der Waals surface area contributed by atoms with E-state index >= 15 is 0 Å². The second-order valence-electron chi connectivity index (χ2n) is 7.09. The van der Waals surface area contributed by atoms with E-state index in [1.165, 1.54) is 12.1 Å². The minimum Gasteiger partial charge on any atom is -0.493 e. The first-order valence-corrected chi connectivity index (χ1v) is 10.4. The monoisotopic (exact) mass is 447 g/mol. The number of cyclic esters (lactones) is 1. The van der Waals surface area contributed by atoms with Gasteiger partial charge in [-0.25, -0.2) is 14.2 Å². The number of ether oxygens (including phenoxy) is 4. The predicted octanol–water partition coefficient (Wildman–Crippen LogP) is 5.03. The highest BCUT2D eigenvalue weighted by atomic mass is 19.1. The van der Waals surface area contributed by atoms with Crippen molar-refractivity contribution >= 4 is 17.9 Å². The molecule has 1 aliphatic rings. The van der Waals surface area contributed by atoms with Crippen molar-refractivity contribution < 1.29 is 28.1 Å². The molecule has 3 aromatic rings. The topological polar surface area (TPSA) is 66.3 Å². The Hall–Kier alpha value is -4.13. The van der Waals surface area contributed by atoms with Crippen molar-refractivity contribution in [2.45, 2.75) is 6.42 Å². The van der Waals surface area contributed by atoms with Crippen LogP contribution in [0.15, 0.2) is 83.5 Å². The first kappa shape index (κ1) is 22.1. The van der Waals surface area contributed by atoms with E-state index in [0.29, 0.717) is 42.4 Å². The highest BCUT2D eigenvalue weighted by Gasteiger charge is 2.25. The summed E-state index contributed by atoms with van der Waals surface area (Å²) in [6, 6.07) is 20.7. The van der Waals surface area contributed by atoms with Crippen molar-refractivity contribution in [2.24, 2.45) is 4.99 Å². The molecule has 0 spiro atoms. The maximum Gasteiger partial charge on any atom is 0.363 e. The third-order valence-electron chi connectivity index (χ3n) is 4.77. The molecule has 33 heavy (non-hydrogen) atoms. The van der Waals surface area contributed by atoms with Crippen LogP contribution in [-0.2, 0) is 9.53 Å². The molecule has 3 aromatic carbocycles. The van der Waals surface area contributed by atoms with Crippen LogP contribution in [0.25, 0.3) is 6.08 Å². The van der Waals surface area contributed by atoms with Gasteiger partial charge in [-0.05, 0) is 48.0 Å². The summed E-state index contributed by atoms with van der Waals surface area (Å²) in [5, 5.41) is 0. The first-order valence-electron chi connectivity index (χ1n) is 10.4. The molecule has 168 valence electrons. The molecule has 0 saturated heterocycles. The lowest BCUT2D eigenvalue weighted by Crippen LogP contribution is -2.07. The van der Waals surface area contributed by atoms with Gasteiger partial charge in [-0.3, -0.25) is 0 Å². The number of benzene rings is 3. The van der Waals surface area contributed by atoms with E-state index in [0.717, 1.165) is 0 Å². The normalized spacial score (nSPS) is 14.1. The van der Waals surface area contributed by atoms with E-state index in [9.17, 15) is 9.18 Å². The molecule has 0 amide bonds. The van der Waals surface area contributed by atoms with Crippen molar-refractivity contribution in [2.75, 3.05) is 20.3 Å². The molecule has 0 radical (unpaired) electrons. The Morgan fingerprint density at radius 1 is 0.939 bits per heavy atom. The summed E-state index contributed by atoms with van der Waals surface area (Å²) < 4.78 is 35.9. The molecule has 0 fully saturated rings. The summed E-state index contributed by atoms with van der Waals surface area (Å²) in [4.78, 5) is 16.3. The van der Waals surface area contributed by atoms with Crippen LogP contribution in [0.4, 0.5) is 4.39 Å². The van der Waals surface area contributed by atoms with Crippen molar-refractivity contribution in [3.63, 3.8) is 0 Å². The van der Waals surface area contributed by atoms with E-state index in [-0.39, 0.29) is 17.2 Å². The number of hydrogen-bond donors (Lipinski definition) is 0. The summed E-state index contributed by atoms with van der Waals surface area (Å²) >= 11 is 0. The molecule has 6 nitrogen and oxygen atoms in total. The molecule has 0 aromatic heterocycles. The molecule has 7 heteroatoms. The Labute approximate surface area is 190 Å². The van der Waals surface area contributed by atoms with Gasteiger partial charge >= 0.3 is 5.97 Å². The fraction of sp³-hybridized carbons (Fsp3) is 0.154. The average Bonchev–Trinajstić information content (AvgIpc) is 3.19. The Morgan fingerprint density at radius 3 is 2.52 bits per heavy atom. The smallest absolute Gasteiger partial charge is 0.363 e. The van der Waals surface area contributed by atoms with E-state index in [4.69, 9.17) is 18.9 Å². The fourth-order valence-electron chi connectivity index (χ4n) is 3.18. The third-order valence-corrected chi connectivity index (χ3v) is 4.77. The van der Waals surface area contributed by atoms with Gasteiger partial charge in [0.15, 0.2) is 17.2 Å². The van der Waals surface area contributed by atoms with Gasteiger partial charge in [0.2, 0.25) is 5.90 Å². The van der Waals surface area contributed by atoms with Crippen LogP contribution in [0.3, 0.4) is 0 Å². The van der Waals surface area contributed by atoms with Gasteiger partial charge in [-0.2, -0.15) is 0 Å². The van der Waals surface area contributed by atoms with Crippen molar-refractivity contribution in [1.29, 1.82) is 0 Å². The molecule has 4 rings (SSSR count). The standard InChI is InChI=1S/C26H22FNO5/c1-30-23-12-4-5-13-24(23)32-15-7-14-31-19-9-6-8-18(16-19)17-22-26(29)33-25(28-22)20-10-2-3-11-21(20)27/h2-6,8-13,16-17H,7,14-15H2,1H3. The highest BCUT2D eigenvalue weighted by Crippen LogP contribution is 2.26. The minimum atomic E-state index is -0.631. The third kappa shape index (κ3) is 5.57.